The number of benzene rings is 1. The summed E-state index contributed by atoms with van der Waals surface area (Å²) in [4.78, 5) is 4.22. The third-order valence-electron chi connectivity index (χ3n) is 2.96. The maximum atomic E-state index is 13.2. The van der Waals surface area contributed by atoms with Crippen LogP contribution in [0, 0.1) is 6.92 Å². The number of hydrogen-bond acceptors (Lipinski definition) is 2. The zero-order chi connectivity index (χ0) is 15.2. The van der Waals surface area contributed by atoms with Gasteiger partial charge in [-0.3, -0.25) is 0 Å². The van der Waals surface area contributed by atoms with Crippen molar-refractivity contribution in [1.29, 1.82) is 0 Å². The minimum Gasteiger partial charge on any atom is -0.228 e. The fourth-order valence-corrected chi connectivity index (χ4v) is 2.28. The number of aromatic nitrogens is 3. The van der Waals surface area contributed by atoms with E-state index in [1.807, 2.05) is 0 Å². The number of halogens is 4. The van der Waals surface area contributed by atoms with Gasteiger partial charge in [-0.1, -0.05) is 23.7 Å². The Bertz CT molecular complexity index is 824. The molecule has 3 aromatic rings. The molecule has 0 spiro atoms. The first-order valence-corrected chi connectivity index (χ1v) is 6.43. The summed E-state index contributed by atoms with van der Waals surface area (Å²) in [6.07, 6.45) is -4.52. The van der Waals surface area contributed by atoms with E-state index in [-0.39, 0.29) is 11.3 Å². The van der Waals surface area contributed by atoms with Crippen LogP contribution in [0.2, 0.25) is 5.02 Å². The van der Waals surface area contributed by atoms with Gasteiger partial charge in [-0.2, -0.15) is 18.3 Å². The molecular weight excluding hydrogens is 303 g/mol. The van der Waals surface area contributed by atoms with Gasteiger partial charge in [0.25, 0.3) is 0 Å². The van der Waals surface area contributed by atoms with Crippen LogP contribution in [-0.4, -0.2) is 14.6 Å². The van der Waals surface area contributed by atoms with Crippen LogP contribution >= 0.6 is 11.6 Å². The minimum atomic E-state index is -4.52. The van der Waals surface area contributed by atoms with Crippen LogP contribution < -0.4 is 0 Å². The Morgan fingerprint density at radius 3 is 2.57 bits per heavy atom. The van der Waals surface area contributed by atoms with Crippen LogP contribution in [0.15, 0.2) is 36.4 Å². The third-order valence-corrected chi connectivity index (χ3v) is 3.20. The van der Waals surface area contributed by atoms with E-state index in [1.165, 1.54) is 6.07 Å². The van der Waals surface area contributed by atoms with Crippen molar-refractivity contribution in [1.82, 2.24) is 14.6 Å². The molecule has 0 unspecified atom stereocenters. The lowest BCUT2D eigenvalue weighted by Crippen LogP contribution is -2.13. The Morgan fingerprint density at radius 1 is 1.14 bits per heavy atom. The molecule has 3 nitrogen and oxygen atoms in total. The summed E-state index contributed by atoms with van der Waals surface area (Å²) in [6, 6.07) is 9.03. The van der Waals surface area contributed by atoms with E-state index >= 15 is 0 Å². The highest BCUT2D eigenvalue weighted by molar-refractivity contribution is 6.30. The lowest BCUT2D eigenvalue weighted by atomic mass is 10.1. The SMILES string of the molecule is Cc1cc2nc(-c3cccc(Cl)c3)cc(C(F)(F)F)n2n1. The van der Waals surface area contributed by atoms with Gasteiger partial charge < -0.3 is 0 Å². The fourth-order valence-electron chi connectivity index (χ4n) is 2.09. The highest BCUT2D eigenvalue weighted by Gasteiger charge is 2.35. The molecule has 0 saturated carbocycles. The van der Waals surface area contributed by atoms with Gasteiger partial charge in [0.15, 0.2) is 11.3 Å². The molecule has 1 aromatic carbocycles. The van der Waals surface area contributed by atoms with Crippen LogP contribution in [0.4, 0.5) is 13.2 Å². The summed E-state index contributed by atoms with van der Waals surface area (Å²) in [7, 11) is 0. The summed E-state index contributed by atoms with van der Waals surface area (Å²) in [5.41, 5.74) is 0.482. The molecule has 0 fully saturated rings. The summed E-state index contributed by atoms with van der Waals surface area (Å²) < 4.78 is 40.4. The second-order valence-corrected chi connectivity index (χ2v) is 5.03. The highest BCUT2D eigenvalue weighted by Crippen LogP contribution is 2.32. The van der Waals surface area contributed by atoms with E-state index in [0.29, 0.717) is 16.3 Å². The first kappa shape index (κ1) is 13.9. The topological polar surface area (TPSA) is 30.2 Å². The Morgan fingerprint density at radius 2 is 1.90 bits per heavy atom. The van der Waals surface area contributed by atoms with E-state index in [9.17, 15) is 13.2 Å². The van der Waals surface area contributed by atoms with Gasteiger partial charge in [0, 0.05) is 16.7 Å². The number of alkyl halides is 3. The van der Waals surface area contributed by atoms with Gasteiger partial charge in [-0.25, -0.2) is 9.50 Å². The van der Waals surface area contributed by atoms with Gasteiger partial charge in [0.05, 0.1) is 11.4 Å². The maximum absolute atomic E-state index is 13.2. The van der Waals surface area contributed by atoms with Gasteiger partial charge in [-0.15, -0.1) is 0 Å². The lowest BCUT2D eigenvalue weighted by molar-refractivity contribution is -0.142. The summed E-state index contributed by atoms with van der Waals surface area (Å²) in [5, 5.41) is 4.28. The van der Waals surface area contributed by atoms with Crippen molar-refractivity contribution < 1.29 is 13.2 Å². The standard InChI is InChI=1S/C14H9ClF3N3/c1-8-5-13-19-11(9-3-2-4-10(15)6-9)7-12(14(16,17)18)21(13)20-8/h2-7H,1H3. The summed E-state index contributed by atoms with van der Waals surface area (Å²) >= 11 is 5.88. The largest absolute Gasteiger partial charge is 0.433 e. The smallest absolute Gasteiger partial charge is 0.228 e. The lowest BCUT2D eigenvalue weighted by Gasteiger charge is -2.11. The Hall–Kier alpha value is -2.08. The summed E-state index contributed by atoms with van der Waals surface area (Å²) in [5.74, 6) is 0. The van der Waals surface area contributed by atoms with Gasteiger partial charge in [0.1, 0.15) is 0 Å². The zero-order valence-corrected chi connectivity index (χ0v) is 11.6. The van der Waals surface area contributed by atoms with E-state index in [1.54, 1.807) is 31.2 Å². The van der Waals surface area contributed by atoms with Crippen LogP contribution in [0.5, 0.6) is 0 Å². The van der Waals surface area contributed by atoms with Crippen molar-refractivity contribution in [2.24, 2.45) is 0 Å². The van der Waals surface area contributed by atoms with E-state index < -0.39 is 11.9 Å². The molecule has 7 heteroatoms. The number of nitrogens with zero attached hydrogens (tertiary/aromatic N) is 3. The Balaban J connectivity index is 2.30. The molecule has 0 N–H and O–H groups in total. The highest BCUT2D eigenvalue weighted by atomic mass is 35.5. The van der Waals surface area contributed by atoms with E-state index in [4.69, 9.17) is 11.6 Å². The molecule has 0 amide bonds. The van der Waals surface area contributed by atoms with Crippen molar-refractivity contribution >= 4 is 17.2 Å². The molecule has 108 valence electrons. The average Bonchev–Trinajstić information content (AvgIpc) is 2.76. The Labute approximate surface area is 123 Å². The quantitative estimate of drug-likeness (QED) is 0.667. The van der Waals surface area contributed by atoms with Crippen LogP contribution in [0.1, 0.15) is 11.4 Å². The normalized spacial score (nSPS) is 12.0. The van der Waals surface area contributed by atoms with E-state index in [2.05, 4.69) is 10.1 Å². The van der Waals surface area contributed by atoms with Crippen LogP contribution in [0.25, 0.3) is 16.9 Å². The maximum Gasteiger partial charge on any atom is 0.433 e. The zero-order valence-electron chi connectivity index (χ0n) is 10.8. The predicted octanol–water partition coefficient (Wildman–Crippen LogP) is 4.38. The first-order valence-electron chi connectivity index (χ1n) is 6.05. The van der Waals surface area contributed by atoms with Crippen LogP contribution in [0.3, 0.4) is 0 Å². The third kappa shape index (κ3) is 2.58. The second-order valence-electron chi connectivity index (χ2n) is 4.59. The van der Waals surface area contributed by atoms with Crippen LogP contribution in [-0.2, 0) is 6.18 Å². The van der Waals surface area contributed by atoms with Crippen molar-refractivity contribution in [2.45, 2.75) is 13.1 Å². The molecule has 0 aliphatic heterocycles. The molecule has 0 aliphatic carbocycles. The fraction of sp³-hybridized carbons (Fsp3) is 0.143. The van der Waals surface area contributed by atoms with Crippen molar-refractivity contribution in [2.75, 3.05) is 0 Å². The van der Waals surface area contributed by atoms with Gasteiger partial charge in [0.2, 0.25) is 0 Å². The van der Waals surface area contributed by atoms with E-state index in [0.717, 1.165) is 10.6 Å². The van der Waals surface area contributed by atoms with Crippen molar-refractivity contribution in [3.63, 3.8) is 0 Å². The number of fused-ring (bicyclic) bond motifs is 1. The second kappa shape index (κ2) is 4.73. The molecule has 0 aliphatic rings. The average molecular weight is 312 g/mol. The predicted molar refractivity (Wildman–Crippen MR) is 73.2 cm³/mol. The minimum absolute atomic E-state index is 0.150. The first-order chi connectivity index (χ1) is 9.84. The molecule has 21 heavy (non-hydrogen) atoms. The van der Waals surface area contributed by atoms with Gasteiger partial charge >= 0.3 is 6.18 Å². The molecule has 3 rings (SSSR count). The molecular formula is C14H9ClF3N3. The molecule has 0 bridgehead atoms. The Kier molecular flexibility index (Phi) is 3.13. The van der Waals surface area contributed by atoms with Crippen molar-refractivity contribution in [3.8, 4) is 11.3 Å². The molecule has 0 atom stereocenters. The number of rotatable bonds is 1. The number of aryl methyl sites for hydroxylation is 1. The summed E-state index contributed by atoms with van der Waals surface area (Å²) in [6.45, 7) is 1.62. The number of hydrogen-bond donors (Lipinski definition) is 0. The molecule has 0 radical (unpaired) electrons. The van der Waals surface area contributed by atoms with Gasteiger partial charge in [-0.05, 0) is 25.1 Å². The molecule has 2 heterocycles. The van der Waals surface area contributed by atoms with Crippen molar-refractivity contribution in [3.05, 3.63) is 52.8 Å². The molecule has 0 saturated heterocycles. The monoisotopic (exact) mass is 311 g/mol. The molecule has 2 aromatic heterocycles.